The highest BCUT2D eigenvalue weighted by molar-refractivity contribution is 5.77. The Balaban J connectivity index is 1.63. The van der Waals surface area contributed by atoms with Crippen LogP contribution < -0.4 is 10.6 Å². The van der Waals surface area contributed by atoms with Gasteiger partial charge >= 0.3 is 0 Å². The first-order valence-corrected chi connectivity index (χ1v) is 8.96. The summed E-state index contributed by atoms with van der Waals surface area (Å²) in [5.41, 5.74) is 8.73. The van der Waals surface area contributed by atoms with Gasteiger partial charge in [0.1, 0.15) is 0 Å². The number of rotatable bonds is 3. The SMILES string of the molecule is C[C@@H]1C[C@@H](N)CCN1C(=O)CCN1c2ccccc2CC[C@@H]1C. The molecule has 2 aliphatic rings. The second-order valence-electron chi connectivity index (χ2n) is 7.18. The molecule has 2 aliphatic heterocycles. The molecule has 0 bridgehead atoms. The van der Waals surface area contributed by atoms with Crippen LogP contribution in [0, 0.1) is 0 Å². The monoisotopic (exact) mass is 315 g/mol. The number of likely N-dealkylation sites (tertiary alicyclic amines) is 1. The standard InChI is InChI=1S/C19H29N3O/c1-14-7-8-16-5-3-4-6-18(16)21(14)12-10-19(23)22-11-9-17(20)13-15(22)2/h3-6,14-15,17H,7-13,20H2,1-2H3/t14-,15+,17-/m0/s1. The molecule has 0 aromatic heterocycles. The van der Waals surface area contributed by atoms with E-state index in [1.54, 1.807) is 0 Å². The van der Waals surface area contributed by atoms with Crippen LogP contribution in [0.1, 0.15) is 45.1 Å². The number of anilines is 1. The van der Waals surface area contributed by atoms with Crippen molar-refractivity contribution in [2.45, 2.75) is 64.1 Å². The number of hydrogen-bond donors (Lipinski definition) is 1. The van der Waals surface area contributed by atoms with Gasteiger partial charge in [0.25, 0.3) is 0 Å². The summed E-state index contributed by atoms with van der Waals surface area (Å²) in [4.78, 5) is 17.1. The number of fused-ring (bicyclic) bond motifs is 1. The Hall–Kier alpha value is -1.55. The Labute approximate surface area is 139 Å². The molecule has 3 atom stereocenters. The molecule has 1 fully saturated rings. The molecule has 1 aromatic rings. The van der Waals surface area contributed by atoms with E-state index >= 15 is 0 Å². The number of amides is 1. The summed E-state index contributed by atoms with van der Waals surface area (Å²) in [7, 11) is 0. The number of carbonyl (C=O) groups excluding carboxylic acids is 1. The van der Waals surface area contributed by atoms with Crippen LogP contribution in [0.25, 0.3) is 0 Å². The zero-order valence-corrected chi connectivity index (χ0v) is 14.4. The molecule has 1 amide bonds. The van der Waals surface area contributed by atoms with Gasteiger partial charge in [-0.05, 0) is 51.2 Å². The maximum Gasteiger partial charge on any atom is 0.224 e. The molecule has 1 aromatic carbocycles. The van der Waals surface area contributed by atoms with E-state index in [1.165, 1.54) is 17.7 Å². The van der Waals surface area contributed by atoms with Crippen LogP contribution in [-0.4, -0.2) is 42.0 Å². The second-order valence-corrected chi connectivity index (χ2v) is 7.18. The average Bonchev–Trinajstić information content (AvgIpc) is 2.53. The van der Waals surface area contributed by atoms with Crippen molar-refractivity contribution in [1.29, 1.82) is 0 Å². The zero-order chi connectivity index (χ0) is 16.4. The highest BCUT2D eigenvalue weighted by Gasteiger charge is 2.28. The number of para-hydroxylation sites is 1. The largest absolute Gasteiger partial charge is 0.368 e. The quantitative estimate of drug-likeness (QED) is 0.932. The second kappa shape index (κ2) is 6.91. The van der Waals surface area contributed by atoms with Crippen molar-refractivity contribution >= 4 is 11.6 Å². The van der Waals surface area contributed by atoms with Crippen LogP contribution in [0.2, 0.25) is 0 Å². The van der Waals surface area contributed by atoms with E-state index in [2.05, 4.69) is 43.0 Å². The van der Waals surface area contributed by atoms with E-state index < -0.39 is 0 Å². The minimum Gasteiger partial charge on any atom is -0.368 e. The maximum absolute atomic E-state index is 12.6. The van der Waals surface area contributed by atoms with Crippen molar-refractivity contribution < 1.29 is 4.79 Å². The fraction of sp³-hybridized carbons (Fsp3) is 0.632. The van der Waals surface area contributed by atoms with Crippen LogP contribution in [0.15, 0.2) is 24.3 Å². The van der Waals surface area contributed by atoms with Crippen LogP contribution in [0.3, 0.4) is 0 Å². The van der Waals surface area contributed by atoms with Gasteiger partial charge in [0, 0.05) is 43.3 Å². The lowest BCUT2D eigenvalue weighted by Crippen LogP contribution is -2.49. The predicted molar refractivity (Wildman–Crippen MR) is 94.6 cm³/mol. The summed E-state index contributed by atoms with van der Waals surface area (Å²) in [6, 6.07) is 9.64. The first-order chi connectivity index (χ1) is 11.1. The topological polar surface area (TPSA) is 49.6 Å². The molecule has 0 unspecified atom stereocenters. The summed E-state index contributed by atoms with van der Waals surface area (Å²) in [5, 5.41) is 0. The van der Waals surface area contributed by atoms with Gasteiger partial charge in [0.05, 0.1) is 0 Å². The van der Waals surface area contributed by atoms with E-state index in [-0.39, 0.29) is 18.0 Å². The Morgan fingerprint density at radius 3 is 2.78 bits per heavy atom. The molecule has 1 saturated heterocycles. The molecular weight excluding hydrogens is 286 g/mol. The van der Waals surface area contributed by atoms with Gasteiger partial charge in [0.2, 0.25) is 5.91 Å². The number of hydrogen-bond acceptors (Lipinski definition) is 3. The Morgan fingerprint density at radius 2 is 2.00 bits per heavy atom. The first-order valence-electron chi connectivity index (χ1n) is 8.96. The van der Waals surface area contributed by atoms with Gasteiger partial charge in [-0.2, -0.15) is 0 Å². The molecule has 126 valence electrons. The summed E-state index contributed by atoms with van der Waals surface area (Å²) in [6.07, 6.45) is 4.76. The van der Waals surface area contributed by atoms with Crippen LogP contribution >= 0.6 is 0 Å². The first kappa shape index (κ1) is 16.3. The third-order valence-electron chi connectivity index (χ3n) is 5.47. The molecule has 23 heavy (non-hydrogen) atoms. The predicted octanol–water partition coefficient (Wildman–Crippen LogP) is 2.56. The molecule has 0 spiro atoms. The van der Waals surface area contributed by atoms with Crippen molar-refractivity contribution in [1.82, 2.24) is 4.90 Å². The number of aryl methyl sites for hydroxylation is 1. The molecule has 0 radical (unpaired) electrons. The Bertz CT molecular complexity index is 559. The van der Waals surface area contributed by atoms with E-state index in [9.17, 15) is 4.79 Å². The Morgan fingerprint density at radius 1 is 1.22 bits per heavy atom. The van der Waals surface area contributed by atoms with E-state index in [0.29, 0.717) is 12.5 Å². The zero-order valence-electron chi connectivity index (χ0n) is 14.4. The number of benzene rings is 1. The minimum absolute atomic E-state index is 0.253. The van der Waals surface area contributed by atoms with Crippen molar-refractivity contribution in [2.24, 2.45) is 5.73 Å². The smallest absolute Gasteiger partial charge is 0.224 e. The molecule has 2 N–H and O–H groups in total. The Kier molecular flexibility index (Phi) is 4.90. The van der Waals surface area contributed by atoms with Crippen LogP contribution in [-0.2, 0) is 11.2 Å². The fourth-order valence-corrected chi connectivity index (χ4v) is 4.04. The molecule has 0 aliphatic carbocycles. The van der Waals surface area contributed by atoms with Crippen molar-refractivity contribution in [2.75, 3.05) is 18.0 Å². The number of carbonyl (C=O) groups is 1. The van der Waals surface area contributed by atoms with Crippen molar-refractivity contribution in [3.8, 4) is 0 Å². The fourth-order valence-electron chi connectivity index (χ4n) is 4.04. The molecular formula is C19H29N3O. The van der Waals surface area contributed by atoms with Crippen LogP contribution in [0.5, 0.6) is 0 Å². The number of piperidine rings is 1. The van der Waals surface area contributed by atoms with E-state index in [4.69, 9.17) is 5.73 Å². The van der Waals surface area contributed by atoms with Gasteiger partial charge in [-0.1, -0.05) is 18.2 Å². The van der Waals surface area contributed by atoms with Gasteiger partial charge < -0.3 is 15.5 Å². The third kappa shape index (κ3) is 3.52. The van der Waals surface area contributed by atoms with Gasteiger partial charge in [-0.3, -0.25) is 4.79 Å². The molecule has 0 saturated carbocycles. The van der Waals surface area contributed by atoms with Crippen molar-refractivity contribution in [3.05, 3.63) is 29.8 Å². The molecule has 2 heterocycles. The maximum atomic E-state index is 12.6. The normalized spacial score (nSPS) is 27.7. The van der Waals surface area contributed by atoms with E-state index in [0.717, 1.165) is 32.4 Å². The molecule has 4 heteroatoms. The van der Waals surface area contributed by atoms with E-state index in [1.807, 2.05) is 4.90 Å². The number of nitrogens with two attached hydrogens (primary N) is 1. The number of nitrogens with zero attached hydrogens (tertiary/aromatic N) is 2. The van der Waals surface area contributed by atoms with Gasteiger partial charge in [-0.15, -0.1) is 0 Å². The third-order valence-corrected chi connectivity index (χ3v) is 5.47. The highest BCUT2D eigenvalue weighted by Crippen LogP contribution is 2.30. The minimum atomic E-state index is 0.253. The average molecular weight is 315 g/mol. The summed E-state index contributed by atoms with van der Waals surface area (Å²) in [5.74, 6) is 0.277. The molecule has 3 rings (SSSR count). The van der Waals surface area contributed by atoms with Gasteiger partial charge in [-0.25, -0.2) is 0 Å². The van der Waals surface area contributed by atoms with Crippen molar-refractivity contribution in [3.63, 3.8) is 0 Å². The van der Waals surface area contributed by atoms with Gasteiger partial charge in [0.15, 0.2) is 0 Å². The van der Waals surface area contributed by atoms with Crippen LogP contribution in [0.4, 0.5) is 5.69 Å². The summed E-state index contributed by atoms with van der Waals surface area (Å²) < 4.78 is 0. The lowest BCUT2D eigenvalue weighted by Gasteiger charge is -2.39. The highest BCUT2D eigenvalue weighted by atomic mass is 16.2. The lowest BCUT2D eigenvalue weighted by atomic mass is 9.96. The lowest BCUT2D eigenvalue weighted by molar-refractivity contribution is -0.134. The summed E-state index contributed by atoms with van der Waals surface area (Å²) in [6.45, 7) is 6.01. The molecule has 4 nitrogen and oxygen atoms in total. The summed E-state index contributed by atoms with van der Waals surface area (Å²) >= 11 is 0.